The van der Waals surface area contributed by atoms with Gasteiger partial charge in [-0.1, -0.05) is 36.4 Å². The molecule has 0 saturated carbocycles. The summed E-state index contributed by atoms with van der Waals surface area (Å²) in [7, 11) is 0. The van der Waals surface area contributed by atoms with Crippen molar-refractivity contribution in [2.24, 2.45) is 5.92 Å². The number of carbonyl (C=O) groups is 3. The lowest BCUT2D eigenvalue weighted by molar-refractivity contribution is -0.123. The number of thioether (sulfide) groups is 1. The number of ketones is 1. The highest BCUT2D eigenvalue weighted by Gasteiger charge is 2.38. The molecule has 0 bridgehead atoms. The van der Waals surface area contributed by atoms with Crippen LogP contribution < -0.4 is 0 Å². The van der Waals surface area contributed by atoms with E-state index >= 15 is 0 Å². The second kappa shape index (κ2) is 7.00. The Morgan fingerprint density at radius 1 is 1.15 bits per heavy atom. The van der Waals surface area contributed by atoms with Crippen molar-refractivity contribution < 1.29 is 23.5 Å². The molecule has 0 aromatic heterocycles. The van der Waals surface area contributed by atoms with Crippen LogP contribution in [0.1, 0.15) is 5.56 Å². The lowest BCUT2D eigenvalue weighted by atomic mass is 9.88. The fraction of sp³-hybridized carbons (Fsp3) is 0.150. The zero-order valence-electron chi connectivity index (χ0n) is 14.0. The van der Waals surface area contributed by atoms with Crippen molar-refractivity contribution in [3.8, 4) is 0 Å². The Kier molecular flexibility index (Phi) is 4.53. The van der Waals surface area contributed by atoms with Gasteiger partial charge in [0.25, 0.3) is 11.1 Å². The van der Waals surface area contributed by atoms with Gasteiger partial charge in [0.15, 0.2) is 5.78 Å². The Hall–Kier alpha value is -2.93. The van der Waals surface area contributed by atoms with Crippen LogP contribution in [-0.2, 0) is 20.9 Å². The van der Waals surface area contributed by atoms with Gasteiger partial charge in [0.05, 0.1) is 29.2 Å². The van der Waals surface area contributed by atoms with Crippen molar-refractivity contribution in [3.63, 3.8) is 0 Å². The highest BCUT2D eigenvalue weighted by atomic mass is 32.2. The number of nitrogens with zero attached hydrogens (tertiary/aromatic N) is 1. The molecule has 2 aliphatic heterocycles. The number of imide groups is 1. The van der Waals surface area contributed by atoms with Crippen LogP contribution in [0.3, 0.4) is 0 Å². The molecule has 2 atom stereocenters. The van der Waals surface area contributed by atoms with Crippen LogP contribution >= 0.6 is 11.8 Å². The fourth-order valence-electron chi connectivity index (χ4n) is 3.04. The third kappa shape index (κ3) is 3.26. The summed E-state index contributed by atoms with van der Waals surface area (Å²) in [5, 5.41) is -0.502. The highest BCUT2D eigenvalue weighted by Crippen LogP contribution is 2.35. The molecule has 0 N–H and O–H groups in total. The predicted octanol–water partition coefficient (Wildman–Crippen LogP) is 3.50. The molecule has 1 fully saturated rings. The summed E-state index contributed by atoms with van der Waals surface area (Å²) in [6.07, 6.45) is 9.45. The van der Waals surface area contributed by atoms with Crippen LogP contribution in [0.15, 0.2) is 71.4 Å². The molecule has 1 aromatic rings. The summed E-state index contributed by atoms with van der Waals surface area (Å²) in [5.41, 5.74) is 0.479. The van der Waals surface area contributed by atoms with Crippen LogP contribution in [0.4, 0.5) is 9.18 Å². The van der Waals surface area contributed by atoms with E-state index in [-0.39, 0.29) is 34.5 Å². The minimum atomic E-state index is -0.553. The SMILES string of the molecule is O=C1C(/C=C2/SC(=O)N(Cc3ccccc3F)C2=O)=CO[C@H]2C=CC=C[C@H]12. The lowest BCUT2D eigenvalue weighted by Gasteiger charge is -2.27. The van der Waals surface area contributed by atoms with E-state index in [2.05, 4.69) is 0 Å². The molecule has 5 nitrogen and oxygen atoms in total. The van der Waals surface area contributed by atoms with Gasteiger partial charge in [0.2, 0.25) is 0 Å². The Labute approximate surface area is 158 Å². The first-order valence-corrected chi connectivity index (χ1v) is 9.10. The van der Waals surface area contributed by atoms with Gasteiger partial charge in [-0.2, -0.15) is 0 Å². The van der Waals surface area contributed by atoms with Gasteiger partial charge in [0, 0.05) is 5.56 Å². The summed E-state index contributed by atoms with van der Waals surface area (Å²) in [6.45, 7) is -0.156. The molecule has 27 heavy (non-hydrogen) atoms. The summed E-state index contributed by atoms with van der Waals surface area (Å²) >= 11 is 0.727. The number of hydrogen-bond donors (Lipinski definition) is 0. The van der Waals surface area contributed by atoms with Crippen LogP contribution in [0.5, 0.6) is 0 Å². The molecule has 0 radical (unpaired) electrons. The van der Waals surface area contributed by atoms with Crippen molar-refractivity contribution in [1.29, 1.82) is 0 Å². The van der Waals surface area contributed by atoms with Crippen molar-refractivity contribution in [3.05, 3.63) is 82.8 Å². The maximum absolute atomic E-state index is 13.8. The number of amides is 2. The standard InChI is InChI=1S/C20H14FNO4S/c21-15-7-3-1-5-12(15)10-22-19(24)17(27-20(22)25)9-13-11-26-16-8-4-2-6-14(16)18(13)23/h1-9,11,14,16H,10H2/b17-9+/t14-,16-/m0/s1. The molecule has 1 saturated heterocycles. The Morgan fingerprint density at radius 2 is 1.93 bits per heavy atom. The molecule has 2 heterocycles. The molecule has 7 heteroatoms. The number of ether oxygens (including phenoxy) is 1. The summed E-state index contributed by atoms with van der Waals surface area (Å²) in [6, 6.07) is 5.97. The van der Waals surface area contributed by atoms with Gasteiger partial charge in [-0.15, -0.1) is 0 Å². The number of halogens is 1. The van der Waals surface area contributed by atoms with E-state index in [0.717, 1.165) is 16.7 Å². The van der Waals surface area contributed by atoms with E-state index in [1.54, 1.807) is 30.4 Å². The number of rotatable bonds is 3. The van der Waals surface area contributed by atoms with Gasteiger partial charge in [-0.05, 0) is 30.0 Å². The normalized spacial score (nSPS) is 25.7. The molecule has 1 aromatic carbocycles. The molecule has 1 aliphatic carbocycles. The summed E-state index contributed by atoms with van der Waals surface area (Å²) < 4.78 is 19.4. The second-order valence-corrected chi connectivity index (χ2v) is 7.19. The van der Waals surface area contributed by atoms with Gasteiger partial charge in [-0.25, -0.2) is 4.39 Å². The van der Waals surface area contributed by atoms with E-state index in [0.29, 0.717) is 0 Å². The van der Waals surface area contributed by atoms with Crippen LogP contribution in [0.25, 0.3) is 0 Å². The zero-order chi connectivity index (χ0) is 19.0. The third-order valence-corrected chi connectivity index (χ3v) is 5.38. The number of benzene rings is 1. The van der Waals surface area contributed by atoms with Crippen molar-refractivity contribution >= 4 is 28.7 Å². The molecular weight excluding hydrogens is 369 g/mol. The van der Waals surface area contributed by atoms with E-state index < -0.39 is 22.9 Å². The third-order valence-electron chi connectivity index (χ3n) is 4.47. The zero-order valence-corrected chi connectivity index (χ0v) is 14.8. The quantitative estimate of drug-likeness (QED) is 0.748. The van der Waals surface area contributed by atoms with Crippen LogP contribution in [0.2, 0.25) is 0 Å². The monoisotopic (exact) mass is 383 g/mol. The Morgan fingerprint density at radius 3 is 2.74 bits per heavy atom. The number of hydrogen-bond acceptors (Lipinski definition) is 5. The maximum Gasteiger partial charge on any atom is 0.293 e. The first kappa shape index (κ1) is 17.5. The second-order valence-electron chi connectivity index (χ2n) is 6.19. The van der Waals surface area contributed by atoms with E-state index in [9.17, 15) is 18.8 Å². The first-order chi connectivity index (χ1) is 13.0. The average Bonchev–Trinajstić information content (AvgIpc) is 2.93. The van der Waals surface area contributed by atoms with Gasteiger partial charge < -0.3 is 4.74 Å². The van der Waals surface area contributed by atoms with Crippen LogP contribution in [-0.4, -0.2) is 27.9 Å². The van der Waals surface area contributed by atoms with Gasteiger partial charge >= 0.3 is 0 Å². The van der Waals surface area contributed by atoms with Crippen molar-refractivity contribution in [2.45, 2.75) is 12.6 Å². The number of allylic oxidation sites excluding steroid dienone is 4. The van der Waals surface area contributed by atoms with Gasteiger partial charge in [0.1, 0.15) is 11.9 Å². The largest absolute Gasteiger partial charge is 0.492 e. The smallest absolute Gasteiger partial charge is 0.293 e. The molecular formula is C20H14FNO4S. The lowest BCUT2D eigenvalue weighted by Crippen LogP contribution is -2.32. The Bertz CT molecular complexity index is 962. The number of Topliss-reactive ketones (excluding diaryl/α,β-unsaturated/α-hetero) is 1. The molecule has 0 unspecified atom stereocenters. The molecule has 2 amide bonds. The van der Waals surface area contributed by atoms with Gasteiger partial charge in [-0.3, -0.25) is 19.3 Å². The Balaban J connectivity index is 1.56. The first-order valence-electron chi connectivity index (χ1n) is 8.28. The maximum atomic E-state index is 13.8. The van der Waals surface area contributed by atoms with E-state index in [1.807, 2.05) is 0 Å². The van der Waals surface area contributed by atoms with Crippen molar-refractivity contribution in [2.75, 3.05) is 0 Å². The fourth-order valence-corrected chi connectivity index (χ4v) is 3.86. The highest BCUT2D eigenvalue weighted by molar-refractivity contribution is 8.18. The summed E-state index contributed by atoms with van der Waals surface area (Å²) in [5.74, 6) is -1.66. The van der Waals surface area contributed by atoms with E-state index in [4.69, 9.17) is 4.74 Å². The average molecular weight is 383 g/mol. The number of carbonyl (C=O) groups excluding carboxylic acids is 3. The molecule has 4 rings (SSSR count). The van der Waals surface area contributed by atoms with Crippen LogP contribution in [0, 0.1) is 11.7 Å². The molecule has 0 spiro atoms. The van der Waals surface area contributed by atoms with Crippen molar-refractivity contribution in [1.82, 2.24) is 4.90 Å². The topological polar surface area (TPSA) is 63.7 Å². The summed E-state index contributed by atoms with van der Waals surface area (Å²) in [4.78, 5) is 38.5. The minimum absolute atomic E-state index is 0.119. The predicted molar refractivity (Wildman–Crippen MR) is 97.8 cm³/mol. The molecule has 136 valence electrons. The molecule has 3 aliphatic rings. The minimum Gasteiger partial charge on any atom is -0.492 e. The number of fused-ring (bicyclic) bond motifs is 1. The van der Waals surface area contributed by atoms with E-state index in [1.165, 1.54) is 30.5 Å².